The molecular formula is C22H37NaO9S. The third-order valence-corrected chi connectivity index (χ3v) is 5.43. The molecule has 0 aliphatic carbocycles. The van der Waals surface area contributed by atoms with Crippen LogP contribution in [0.3, 0.4) is 0 Å². The van der Waals surface area contributed by atoms with E-state index >= 15 is 0 Å². The molecule has 33 heavy (non-hydrogen) atoms. The first-order valence-electron chi connectivity index (χ1n) is 10.6. The van der Waals surface area contributed by atoms with E-state index in [-0.39, 0.29) is 79.8 Å². The van der Waals surface area contributed by atoms with Crippen LogP contribution in [-0.4, -0.2) is 86.0 Å². The van der Waals surface area contributed by atoms with E-state index in [2.05, 4.69) is 13.2 Å². The number of carbonyl (C=O) groups excluding carboxylic acids is 3. The molecule has 0 aromatic rings. The number of hydrogen-bond donors (Lipinski definition) is 1. The fraction of sp³-hybridized carbons (Fsp3) is 0.682. The van der Waals surface area contributed by atoms with E-state index in [0.29, 0.717) is 6.42 Å². The van der Waals surface area contributed by atoms with Crippen LogP contribution in [-0.2, 0) is 38.7 Å². The average molecular weight is 501 g/mol. The van der Waals surface area contributed by atoms with E-state index in [1.54, 1.807) is 0 Å². The van der Waals surface area contributed by atoms with Crippen molar-refractivity contribution in [3.8, 4) is 0 Å². The molecule has 0 spiro atoms. The predicted molar refractivity (Wildman–Crippen MR) is 126 cm³/mol. The van der Waals surface area contributed by atoms with Crippen LogP contribution < -0.4 is 0 Å². The van der Waals surface area contributed by atoms with Gasteiger partial charge in [-0.05, 0) is 33.1 Å². The van der Waals surface area contributed by atoms with Crippen molar-refractivity contribution in [3.63, 3.8) is 0 Å². The number of ether oxygens (including phenoxy) is 3. The summed E-state index contributed by atoms with van der Waals surface area (Å²) < 4.78 is 46.2. The van der Waals surface area contributed by atoms with Crippen molar-refractivity contribution in [3.05, 3.63) is 24.3 Å². The van der Waals surface area contributed by atoms with Gasteiger partial charge in [-0.25, -0.2) is 9.59 Å². The Morgan fingerprint density at radius 2 is 1.36 bits per heavy atom. The summed E-state index contributed by atoms with van der Waals surface area (Å²) in [4.78, 5) is 36.9. The minimum atomic E-state index is -4.10. The molecule has 0 aromatic carbocycles. The molecule has 0 amide bonds. The Balaban J connectivity index is 0. The summed E-state index contributed by atoms with van der Waals surface area (Å²) in [5.41, 5.74) is -1.11. The van der Waals surface area contributed by atoms with Gasteiger partial charge in [0.15, 0.2) is 0 Å². The first-order chi connectivity index (χ1) is 14.8. The SMILES string of the molecule is C=C(C)C(=O)OCC(CCCCCC)(COC(=O)C(=C)C)C(=O)OCCCCS(=O)(=O)O.[NaH]. The first kappa shape index (κ1) is 34.0. The van der Waals surface area contributed by atoms with Gasteiger partial charge >= 0.3 is 47.5 Å². The molecule has 0 unspecified atom stereocenters. The molecule has 0 aromatic heterocycles. The van der Waals surface area contributed by atoms with Crippen molar-refractivity contribution in [1.82, 2.24) is 0 Å². The van der Waals surface area contributed by atoms with Gasteiger partial charge < -0.3 is 14.2 Å². The topological polar surface area (TPSA) is 133 Å². The van der Waals surface area contributed by atoms with Crippen LogP contribution in [0, 0.1) is 5.41 Å². The van der Waals surface area contributed by atoms with Gasteiger partial charge in [-0.1, -0.05) is 45.8 Å². The van der Waals surface area contributed by atoms with Crippen LogP contribution >= 0.6 is 0 Å². The summed E-state index contributed by atoms with van der Waals surface area (Å²) in [6.07, 6.45) is 3.91. The second-order valence-corrected chi connectivity index (χ2v) is 9.51. The zero-order valence-electron chi connectivity index (χ0n) is 19.3. The van der Waals surface area contributed by atoms with Crippen molar-refractivity contribution in [2.75, 3.05) is 25.6 Å². The molecule has 0 saturated heterocycles. The van der Waals surface area contributed by atoms with Gasteiger partial charge in [0.2, 0.25) is 0 Å². The maximum absolute atomic E-state index is 13.0. The summed E-state index contributed by atoms with van der Waals surface area (Å²) in [5, 5.41) is 0. The van der Waals surface area contributed by atoms with Crippen LogP contribution in [0.15, 0.2) is 24.3 Å². The van der Waals surface area contributed by atoms with Crippen molar-refractivity contribution in [1.29, 1.82) is 0 Å². The van der Waals surface area contributed by atoms with Crippen LogP contribution in [0.2, 0.25) is 0 Å². The molecule has 0 radical (unpaired) electrons. The molecular weight excluding hydrogens is 463 g/mol. The van der Waals surface area contributed by atoms with Crippen molar-refractivity contribution >= 4 is 57.6 Å². The van der Waals surface area contributed by atoms with E-state index < -0.39 is 39.2 Å². The van der Waals surface area contributed by atoms with Crippen LogP contribution in [0.5, 0.6) is 0 Å². The van der Waals surface area contributed by atoms with Crippen LogP contribution in [0.4, 0.5) is 0 Å². The second-order valence-electron chi connectivity index (χ2n) is 7.93. The average Bonchev–Trinajstić information content (AvgIpc) is 2.70. The van der Waals surface area contributed by atoms with Gasteiger partial charge in [0.25, 0.3) is 10.1 Å². The van der Waals surface area contributed by atoms with Gasteiger partial charge in [-0.3, -0.25) is 9.35 Å². The maximum atomic E-state index is 13.0. The number of rotatable bonds is 17. The molecule has 9 nitrogen and oxygen atoms in total. The second kappa shape index (κ2) is 17.3. The van der Waals surface area contributed by atoms with Gasteiger partial charge in [0.05, 0.1) is 12.4 Å². The first-order valence-corrected chi connectivity index (χ1v) is 12.2. The van der Waals surface area contributed by atoms with E-state index in [9.17, 15) is 22.8 Å². The molecule has 0 atom stereocenters. The summed E-state index contributed by atoms with van der Waals surface area (Å²) in [6, 6.07) is 0. The predicted octanol–water partition coefficient (Wildman–Crippen LogP) is 2.74. The normalized spacial score (nSPS) is 11.2. The molecule has 0 fully saturated rings. The Morgan fingerprint density at radius 3 is 1.79 bits per heavy atom. The van der Waals surface area contributed by atoms with Gasteiger partial charge in [0.1, 0.15) is 18.6 Å². The Hall–Kier alpha value is -1.20. The monoisotopic (exact) mass is 500 g/mol. The molecule has 0 bridgehead atoms. The molecule has 0 aliphatic heterocycles. The molecule has 0 rings (SSSR count). The van der Waals surface area contributed by atoms with Crippen LogP contribution in [0.25, 0.3) is 0 Å². The fourth-order valence-electron chi connectivity index (χ4n) is 2.65. The standard InChI is InChI=1S/C22H36O9S.Na.H/c1-6-7-8-9-12-22(15-30-19(23)17(2)3,16-31-20(24)18(4)5)21(25)29-13-10-11-14-32(26,27)28;;/h2,4,6-16H2,1,3,5H3,(H,26,27,28);;. The van der Waals surface area contributed by atoms with Crippen molar-refractivity contribution in [2.45, 2.75) is 65.7 Å². The van der Waals surface area contributed by atoms with E-state index in [1.807, 2.05) is 6.92 Å². The Morgan fingerprint density at radius 1 is 0.848 bits per heavy atom. The zero-order chi connectivity index (χ0) is 24.8. The Bertz CT molecular complexity index is 745. The van der Waals surface area contributed by atoms with Crippen molar-refractivity contribution in [2.24, 2.45) is 5.41 Å². The quantitative estimate of drug-likeness (QED) is 0.0799. The number of hydrogen-bond acceptors (Lipinski definition) is 8. The molecule has 0 saturated carbocycles. The summed E-state index contributed by atoms with van der Waals surface area (Å²) >= 11 is 0. The molecule has 0 aliphatic rings. The third kappa shape index (κ3) is 15.3. The zero-order valence-corrected chi connectivity index (χ0v) is 20.1. The van der Waals surface area contributed by atoms with Gasteiger partial charge in [0, 0.05) is 11.1 Å². The molecule has 0 heterocycles. The van der Waals surface area contributed by atoms with Crippen molar-refractivity contribution < 1.29 is 41.6 Å². The third-order valence-electron chi connectivity index (χ3n) is 4.63. The molecule has 186 valence electrons. The minimum absolute atomic E-state index is 0. The van der Waals surface area contributed by atoms with E-state index in [4.69, 9.17) is 18.8 Å². The Kier molecular flexibility index (Phi) is 17.8. The summed E-state index contributed by atoms with van der Waals surface area (Å²) in [7, 11) is -4.10. The number of carbonyl (C=O) groups is 3. The number of unbranched alkanes of at least 4 members (excludes halogenated alkanes) is 4. The summed E-state index contributed by atoms with van der Waals surface area (Å²) in [6.45, 7) is 11.2. The van der Waals surface area contributed by atoms with Gasteiger partial charge in [-0.15, -0.1) is 0 Å². The van der Waals surface area contributed by atoms with E-state index in [0.717, 1.165) is 19.3 Å². The van der Waals surface area contributed by atoms with Crippen LogP contribution in [0.1, 0.15) is 65.7 Å². The Labute approximate surface area is 219 Å². The van der Waals surface area contributed by atoms with Gasteiger partial charge in [-0.2, -0.15) is 8.42 Å². The fourth-order valence-corrected chi connectivity index (χ4v) is 3.22. The van der Waals surface area contributed by atoms with E-state index in [1.165, 1.54) is 13.8 Å². The molecule has 1 N–H and O–H groups in total. The number of esters is 3. The molecule has 11 heteroatoms. The summed E-state index contributed by atoms with van der Waals surface area (Å²) in [5.74, 6) is -2.53.